The van der Waals surface area contributed by atoms with E-state index in [1.807, 2.05) is 59.5 Å². The molecule has 202 valence electrons. The fraction of sp³-hybridized carbons (Fsp3) is 0.367. The van der Waals surface area contributed by atoms with Gasteiger partial charge in [0.25, 0.3) is 0 Å². The number of methoxy groups -OCH3 is 2. The maximum Gasteiger partial charge on any atom is 0.322 e. The van der Waals surface area contributed by atoms with Crippen LogP contribution in [-0.2, 0) is 17.9 Å². The average Bonchev–Trinajstić information content (AvgIpc) is 2.97. The van der Waals surface area contributed by atoms with Crippen LogP contribution in [0.2, 0.25) is 0 Å². The van der Waals surface area contributed by atoms with Crippen molar-refractivity contribution in [2.24, 2.45) is 0 Å². The van der Waals surface area contributed by atoms with Crippen molar-refractivity contribution < 1.29 is 23.7 Å². The van der Waals surface area contributed by atoms with Crippen LogP contribution in [0.5, 0.6) is 17.2 Å². The van der Waals surface area contributed by atoms with E-state index >= 15 is 0 Å². The molecule has 4 rings (SSSR count). The van der Waals surface area contributed by atoms with Crippen molar-refractivity contribution in [2.45, 2.75) is 19.6 Å². The van der Waals surface area contributed by atoms with E-state index in [9.17, 15) is 4.79 Å². The Hall–Kier alpha value is -3.75. The Kier molecular flexibility index (Phi) is 10.2. The van der Waals surface area contributed by atoms with E-state index < -0.39 is 0 Å². The summed E-state index contributed by atoms with van der Waals surface area (Å²) < 4.78 is 22.2. The van der Waals surface area contributed by atoms with Crippen molar-refractivity contribution in [2.75, 3.05) is 58.9 Å². The molecule has 1 heterocycles. The lowest BCUT2D eigenvalue weighted by Gasteiger charge is -2.28. The number of hydrogen-bond acceptors (Lipinski definition) is 6. The molecule has 3 aromatic carbocycles. The van der Waals surface area contributed by atoms with Crippen molar-refractivity contribution in [3.8, 4) is 17.2 Å². The van der Waals surface area contributed by atoms with E-state index in [0.29, 0.717) is 36.9 Å². The lowest BCUT2D eigenvalue weighted by molar-refractivity contribution is 0.0365. The van der Waals surface area contributed by atoms with Gasteiger partial charge in [-0.15, -0.1) is 0 Å². The second kappa shape index (κ2) is 14.3. The highest BCUT2D eigenvalue weighted by atomic mass is 16.5. The number of nitrogens with zero attached hydrogens (tertiary/aromatic N) is 2. The summed E-state index contributed by atoms with van der Waals surface area (Å²) in [6.07, 6.45) is 0.858. The number of hydrogen-bond donors (Lipinski definition) is 1. The van der Waals surface area contributed by atoms with E-state index in [1.165, 1.54) is 0 Å². The molecule has 0 spiro atoms. The standard InChI is InChI=1S/C30H37N3O5/c1-35-26-12-13-28(29(21-26)36-2)31-30(34)33(15-7-14-32-16-18-37-19-17-32)22-25-10-6-11-27(20-25)38-23-24-8-4-3-5-9-24/h3-6,8-13,20-21H,7,14-19,22-23H2,1-2H3,(H,31,34). The van der Waals surface area contributed by atoms with Gasteiger partial charge >= 0.3 is 6.03 Å². The van der Waals surface area contributed by atoms with Crippen LogP contribution in [0, 0.1) is 0 Å². The molecule has 0 aromatic heterocycles. The van der Waals surface area contributed by atoms with Gasteiger partial charge < -0.3 is 29.2 Å². The van der Waals surface area contributed by atoms with Gasteiger partial charge in [-0.25, -0.2) is 4.79 Å². The van der Waals surface area contributed by atoms with Crippen LogP contribution in [0.15, 0.2) is 72.8 Å². The molecule has 0 unspecified atom stereocenters. The van der Waals surface area contributed by atoms with Crippen LogP contribution < -0.4 is 19.5 Å². The van der Waals surface area contributed by atoms with Crippen LogP contribution in [0.25, 0.3) is 0 Å². The van der Waals surface area contributed by atoms with Crippen LogP contribution >= 0.6 is 0 Å². The Morgan fingerprint density at radius 1 is 0.921 bits per heavy atom. The van der Waals surface area contributed by atoms with E-state index in [-0.39, 0.29) is 6.03 Å². The summed E-state index contributed by atoms with van der Waals surface area (Å²) in [4.78, 5) is 17.7. The maximum atomic E-state index is 13.5. The number of morpholine rings is 1. The van der Waals surface area contributed by atoms with E-state index in [0.717, 1.165) is 56.1 Å². The second-order valence-electron chi connectivity index (χ2n) is 9.15. The molecule has 8 heteroatoms. The minimum absolute atomic E-state index is 0.189. The van der Waals surface area contributed by atoms with Crippen LogP contribution in [0.1, 0.15) is 17.5 Å². The van der Waals surface area contributed by atoms with Crippen LogP contribution in [0.3, 0.4) is 0 Å². The summed E-state index contributed by atoms with van der Waals surface area (Å²) in [7, 11) is 3.17. The molecule has 1 aliphatic heterocycles. The van der Waals surface area contributed by atoms with Gasteiger partial charge in [-0.05, 0) is 41.8 Å². The highest BCUT2D eigenvalue weighted by Crippen LogP contribution is 2.29. The zero-order valence-electron chi connectivity index (χ0n) is 22.2. The predicted octanol–water partition coefficient (Wildman–Crippen LogP) is 5.04. The van der Waals surface area contributed by atoms with Crippen molar-refractivity contribution in [3.05, 3.63) is 83.9 Å². The third-order valence-corrected chi connectivity index (χ3v) is 6.46. The molecule has 3 aromatic rings. The first kappa shape index (κ1) is 27.3. The molecule has 8 nitrogen and oxygen atoms in total. The van der Waals surface area contributed by atoms with E-state index in [4.69, 9.17) is 18.9 Å². The molecule has 1 fully saturated rings. The zero-order valence-corrected chi connectivity index (χ0v) is 22.2. The smallest absolute Gasteiger partial charge is 0.322 e. The Balaban J connectivity index is 1.44. The lowest BCUT2D eigenvalue weighted by Crippen LogP contribution is -2.40. The molecule has 0 bridgehead atoms. The van der Waals surface area contributed by atoms with Crippen molar-refractivity contribution >= 4 is 11.7 Å². The molecule has 2 amide bonds. The molecule has 0 radical (unpaired) electrons. The first-order valence-corrected chi connectivity index (χ1v) is 13.0. The zero-order chi connectivity index (χ0) is 26.6. The Morgan fingerprint density at radius 3 is 2.47 bits per heavy atom. The van der Waals surface area contributed by atoms with Crippen molar-refractivity contribution in [3.63, 3.8) is 0 Å². The third kappa shape index (κ3) is 8.13. The Labute approximate surface area is 225 Å². The second-order valence-corrected chi connectivity index (χ2v) is 9.15. The largest absolute Gasteiger partial charge is 0.497 e. The molecule has 0 aliphatic carbocycles. The van der Waals surface area contributed by atoms with Gasteiger partial charge in [0.1, 0.15) is 23.9 Å². The summed E-state index contributed by atoms with van der Waals surface area (Å²) in [5.74, 6) is 1.98. The molecule has 0 atom stereocenters. The average molecular weight is 520 g/mol. The molecule has 1 saturated heterocycles. The third-order valence-electron chi connectivity index (χ3n) is 6.46. The van der Waals surface area contributed by atoms with Crippen LogP contribution in [-0.4, -0.2) is 69.4 Å². The van der Waals surface area contributed by atoms with Gasteiger partial charge in [0.15, 0.2) is 0 Å². The van der Waals surface area contributed by atoms with Gasteiger partial charge in [0, 0.05) is 38.8 Å². The summed E-state index contributed by atoms with van der Waals surface area (Å²) in [5.41, 5.74) is 2.70. The summed E-state index contributed by atoms with van der Waals surface area (Å²) in [5, 5.41) is 3.02. The van der Waals surface area contributed by atoms with Crippen LogP contribution in [0.4, 0.5) is 10.5 Å². The van der Waals surface area contributed by atoms with Gasteiger partial charge in [0.2, 0.25) is 0 Å². The molecule has 0 saturated carbocycles. The number of carbonyl (C=O) groups is 1. The summed E-state index contributed by atoms with van der Waals surface area (Å²) in [6, 6.07) is 23.2. The highest BCUT2D eigenvalue weighted by Gasteiger charge is 2.18. The number of rotatable bonds is 12. The molecule has 38 heavy (non-hydrogen) atoms. The summed E-state index contributed by atoms with van der Waals surface area (Å²) >= 11 is 0. The minimum Gasteiger partial charge on any atom is -0.497 e. The molecular weight excluding hydrogens is 482 g/mol. The normalized spacial score (nSPS) is 13.5. The number of urea groups is 1. The number of amides is 2. The quantitative estimate of drug-likeness (QED) is 0.362. The lowest BCUT2D eigenvalue weighted by atomic mass is 10.2. The monoisotopic (exact) mass is 519 g/mol. The summed E-state index contributed by atoms with van der Waals surface area (Å²) in [6.45, 7) is 5.85. The Morgan fingerprint density at radius 2 is 1.71 bits per heavy atom. The molecule has 1 aliphatic rings. The molecular formula is C30H37N3O5. The van der Waals surface area contributed by atoms with Gasteiger partial charge in [-0.3, -0.25) is 4.90 Å². The van der Waals surface area contributed by atoms with E-state index in [1.54, 1.807) is 32.4 Å². The highest BCUT2D eigenvalue weighted by molar-refractivity contribution is 5.91. The maximum absolute atomic E-state index is 13.5. The van der Waals surface area contributed by atoms with E-state index in [2.05, 4.69) is 10.2 Å². The Bertz CT molecular complexity index is 1150. The fourth-order valence-electron chi connectivity index (χ4n) is 4.35. The minimum atomic E-state index is -0.189. The van der Waals surface area contributed by atoms with Crippen molar-refractivity contribution in [1.82, 2.24) is 9.80 Å². The first-order chi connectivity index (χ1) is 18.6. The fourth-order valence-corrected chi connectivity index (χ4v) is 4.35. The SMILES string of the molecule is COc1ccc(NC(=O)N(CCCN2CCOCC2)Cc2cccc(OCc3ccccc3)c2)c(OC)c1. The van der Waals surface area contributed by atoms with Gasteiger partial charge in [-0.2, -0.15) is 0 Å². The number of anilines is 1. The first-order valence-electron chi connectivity index (χ1n) is 13.0. The van der Waals surface area contributed by atoms with Gasteiger partial charge in [0.05, 0.1) is 33.1 Å². The molecule has 1 N–H and O–H groups in total. The topological polar surface area (TPSA) is 72.5 Å². The number of carbonyl (C=O) groups excluding carboxylic acids is 1. The number of benzene rings is 3. The van der Waals surface area contributed by atoms with Gasteiger partial charge in [-0.1, -0.05) is 42.5 Å². The number of ether oxygens (including phenoxy) is 4. The predicted molar refractivity (Wildman–Crippen MR) is 148 cm³/mol. The van der Waals surface area contributed by atoms with Crippen molar-refractivity contribution in [1.29, 1.82) is 0 Å². The number of nitrogens with one attached hydrogen (secondary N) is 1.